The van der Waals surface area contributed by atoms with E-state index in [1.165, 1.54) is 12.1 Å². The van der Waals surface area contributed by atoms with Crippen molar-refractivity contribution >= 4 is 23.2 Å². The number of nitrogens with zero attached hydrogens (tertiary/aromatic N) is 1. The van der Waals surface area contributed by atoms with E-state index in [2.05, 4.69) is 10.3 Å². The van der Waals surface area contributed by atoms with E-state index in [-0.39, 0.29) is 17.9 Å². The molecular weight excluding hydrogens is 333 g/mol. The van der Waals surface area contributed by atoms with Gasteiger partial charge in [-0.15, -0.1) is 0 Å². The second kappa shape index (κ2) is 8.40. The first-order valence-corrected chi connectivity index (χ1v) is 7.68. The molecule has 5 nitrogen and oxygen atoms in total. The van der Waals surface area contributed by atoms with E-state index >= 15 is 0 Å². The predicted molar refractivity (Wildman–Crippen MR) is 94.6 cm³/mol. The molecule has 0 aliphatic heterocycles. The van der Waals surface area contributed by atoms with Gasteiger partial charge in [0.15, 0.2) is 5.96 Å². The fourth-order valence-electron chi connectivity index (χ4n) is 1.97. The van der Waals surface area contributed by atoms with Crippen molar-refractivity contribution in [3.8, 4) is 11.5 Å². The molecule has 0 saturated carbocycles. The summed E-state index contributed by atoms with van der Waals surface area (Å²) in [5.41, 5.74) is 6.54. The summed E-state index contributed by atoms with van der Waals surface area (Å²) in [5.74, 6) is 0.910. The van der Waals surface area contributed by atoms with Crippen LogP contribution in [0.1, 0.15) is 6.92 Å². The average molecular weight is 352 g/mol. The third kappa shape index (κ3) is 5.31. The van der Waals surface area contributed by atoms with Gasteiger partial charge in [0, 0.05) is 11.8 Å². The first-order valence-electron chi connectivity index (χ1n) is 7.30. The SMILES string of the molecule is COc1ccc(NC(N)=NCC(C)Oc2cccc(F)c2)cc1Cl. The molecule has 0 aliphatic rings. The summed E-state index contributed by atoms with van der Waals surface area (Å²) in [6.07, 6.45) is -0.258. The summed E-state index contributed by atoms with van der Waals surface area (Å²) in [6, 6.07) is 11.1. The lowest BCUT2D eigenvalue weighted by Crippen LogP contribution is -2.25. The number of aliphatic imine (C=N–C) groups is 1. The van der Waals surface area contributed by atoms with Gasteiger partial charge < -0.3 is 20.5 Å². The van der Waals surface area contributed by atoms with Crippen LogP contribution in [0.5, 0.6) is 11.5 Å². The molecule has 0 amide bonds. The van der Waals surface area contributed by atoms with Gasteiger partial charge in [0.25, 0.3) is 0 Å². The Hall–Kier alpha value is -2.47. The number of nitrogens with one attached hydrogen (secondary N) is 1. The summed E-state index contributed by atoms with van der Waals surface area (Å²) in [5, 5.41) is 3.41. The fraction of sp³-hybridized carbons (Fsp3) is 0.235. The number of halogens is 2. The third-order valence-corrected chi connectivity index (χ3v) is 3.37. The standard InChI is InChI=1S/C17H19ClFN3O2/c1-11(24-14-5-3-4-12(19)8-14)10-21-17(20)22-13-6-7-16(23-2)15(18)9-13/h3-9,11H,10H2,1-2H3,(H3,20,21,22). The molecule has 1 atom stereocenters. The first-order chi connectivity index (χ1) is 11.5. The lowest BCUT2D eigenvalue weighted by molar-refractivity contribution is 0.229. The minimum atomic E-state index is -0.347. The van der Waals surface area contributed by atoms with E-state index in [1.54, 1.807) is 37.4 Å². The van der Waals surface area contributed by atoms with Crippen LogP contribution in [-0.4, -0.2) is 25.7 Å². The third-order valence-electron chi connectivity index (χ3n) is 3.08. The highest BCUT2D eigenvalue weighted by Crippen LogP contribution is 2.27. The summed E-state index contributed by atoms with van der Waals surface area (Å²) < 4.78 is 23.8. The van der Waals surface area contributed by atoms with Crippen LogP contribution in [0.2, 0.25) is 5.02 Å². The minimum Gasteiger partial charge on any atom is -0.495 e. The van der Waals surface area contributed by atoms with E-state index in [9.17, 15) is 4.39 Å². The van der Waals surface area contributed by atoms with Crippen LogP contribution in [0.15, 0.2) is 47.5 Å². The zero-order valence-electron chi connectivity index (χ0n) is 13.4. The van der Waals surface area contributed by atoms with Gasteiger partial charge in [-0.25, -0.2) is 9.38 Å². The minimum absolute atomic E-state index is 0.228. The Kier molecular flexibility index (Phi) is 6.26. The summed E-state index contributed by atoms with van der Waals surface area (Å²) in [7, 11) is 1.55. The number of anilines is 1. The van der Waals surface area contributed by atoms with E-state index in [1.807, 2.05) is 6.92 Å². The van der Waals surface area contributed by atoms with Gasteiger partial charge in [-0.1, -0.05) is 17.7 Å². The maximum Gasteiger partial charge on any atom is 0.193 e. The maximum atomic E-state index is 13.1. The molecule has 0 aliphatic carbocycles. The van der Waals surface area contributed by atoms with Crippen LogP contribution >= 0.6 is 11.6 Å². The molecule has 24 heavy (non-hydrogen) atoms. The molecule has 2 aromatic carbocycles. The fourth-order valence-corrected chi connectivity index (χ4v) is 2.23. The smallest absolute Gasteiger partial charge is 0.193 e. The molecule has 0 aromatic heterocycles. The second-order valence-electron chi connectivity index (χ2n) is 5.09. The number of methoxy groups -OCH3 is 1. The van der Waals surface area contributed by atoms with Gasteiger partial charge in [-0.2, -0.15) is 0 Å². The van der Waals surface area contributed by atoms with Gasteiger partial charge in [-0.3, -0.25) is 0 Å². The van der Waals surface area contributed by atoms with Crippen LogP contribution in [0.25, 0.3) is 0 Å². The lowest BCUT2D eigenvalue weighted by atomic mass is 10.3. The van der Waals surface area contributed by atoms with Crippen molar-refractivity contribution in [1.82, 2.24) is 0 Å². The summed E-state index contributed by atoms with van der Waals surface area (Å²) in [4.78, 5) is 4.20. The van der Waals surface area contributed by atoms with Gasteiger partial charge in [0.2, 0.25) is 0 Å². The van der Waals surface area contributed by atoms with E-state index < -0.39 is 0 Å². The van der Waals surface area contributed by atoms with Crippen LogP contribution < -0.4 is 20.5 Å². The zero-order valence-corrected chi connectivity index (χ0v) is 14.2. The van der Waals surface area contributed by atoms with Gasteiger partial charge >= 0.3 is 0 Å². The molecule has 1 unspecified atom stereocenters. The van der Waals surface area contributed by atoms with Crippen molar-refractivity contribution in [2.24, 2.45) is 10.7 Å². The van der Waals surface area contributed by atoms with Crippen molar-refractivity contribution in [3.05, 3.63) is 53.3 Å². The second-order valence-corrected chi connectivity index (χ2v) is 5.49. The molecule has 0 bridgehead atoms. The number of benzene rings is 2. The number of nitrogens with two attached hydrogens (primary N) is 1. The Morgan fingerprint density at radius 3 is 2.79 bits per heavy atom. The molecular formula is C17H19ClFN3O2. The summed E-state index contributed by atoms with van der Waals surface area (Å²) in [6.45, 7) is 2.14. The topological polar surface area (TPSA) is 68.9 Å². The molecule has 2 aromatic rings. The number of guanidine groups is 1. The normalized spacial score (nSPS) is 12.6. The Morgan fingerprint density at radius 2 is 2.12 bits per heavy atom. The maximum absolute atomic E-state index is 13.1. The van der Waals surface area contributed by atoms with Crippen LogP contribution in [0.3, 0.4) is 0 Å². The van der Waals surface area contributed by atoms with Crippen LogP contribution in [-0.2, 0) is 0 Å². The van der Waals surface area contributed by atoms with Gasteiger partial charge in [0.05, 0.1) is 18.7 Å². The molecule has 3 N–H and O–H groups in total. The first kappa shape index (κ1) is 17.9. The molecule has 2 rings (SSSR count). The quantitative estimate of drug-likeness (QED) is 0.615. The van der Waals surface area contributed by atoms with Crippen molar-refractivity contribution < 1.29 is 13.9 Å². The Balaban J connectivity index is 1.90. The number of hydrogen-bond donors (Lipinski definition) is 2. The lowest BCUT2D eigenvalue weighted by Gasteiger charge is -2.13. The molecule has 0 fully saturated rings. The highest BCUT2D eigenvalue weighted by atomic mass is 35.5. The van der Waals surface area contributed by atoms with Gasteiger partial charge in [-0.05, 0) is 37.3 Å². The van der Waals surface area contributed by atoms with Crippen molar-refractivity contribution in [3.63, 3.8) is 0 Å². The Bertz CT molecular complexity index is 725. The zero-order chi connectivity index (χ0) is 17.5. The largest absolute Gasteiger partial charge is 0.495 e. The van der Waals surface area contributed by atoms with E-state index in [0.29, 0.717) is 28.8 Å². The summed E-state index contributed by atoms with van der Waals surface area (Å²) >= 11 is 6.05. The van der Waals surface area contributed by atoms with Crippen LogP contribution in [0.4, 0.5) is 10.1 Å². The van der Waals surface area contributed by atoms with Gasteiger partial charge in [0.1, 0.15) is 23.4 Å². The molecule has 7 heteroatoms. The predicted octanol–water partition coefficient (Wildman–Crippen LogP) is 3.68. The number of hydrogen-bond acceptors (Lipinski definition) is 3. The molecule has 0 spiro atoms. The van der Waals surface area contributed by atoms with Crippen LogP contribution in [0, 0.1) is 5.82 Å². The molecule has 0 heterocycles. The molecule has 0 saturated heterocycles. The van der Waals surface area contributed by atoms with Crippen molar-refractivity contribution in [1.29, 1.82) is 0 Å². The van der Waals surface area contributed by atoms with Crippen molar-refractivity contribution in [2.45, 2.75) is 13.0 Å². The Morgan fingerprint density at radius 1 is 1.33 bits per heavy atom. The number of ether oxygens (including phenoxy) is 2. The average Bonchev–Trinajstić information content (AvgIpc) is 2.53. The van der Waals surface area contributed by atoms with E-state index in [4.69, 9.17) is 26.8 Å². The highest BCUT2D eigenvalue weighted by molar-refractivity contribution is 6.32. The number of rotatable bonds is 6. The molecule has 0 radical (unpaired) electrons. The monoisotopic (exact) mass is 351 g/mol. The van der Waals surface area contributed by atoms with E-state index in [0.717, 1.165) is 0 Å². The highest BCUT2D eigenvalue weighted by Gasteiger charge is 2.06. The van der Waals surface area contributed by atoms with Crippen molar-refractivity contribution in [2.75, 3.05) is 19.0 Å². The Labute approximate surface area is 145 Å². The molecule has 128 valence electrons.